The Morgan fingerprint density at radius 3 is 3.08 bits per heavy atom. The van der Waals surface area contributed by atoms with Crippen molar-refractivity contribution in [2.24, 2.45) is 7.05 Å². The lowest BCUT2D eigenvalue weighted by molar-refractivity contribution is 0.928. The number of anilines is 1. The normalized spacial score (nSPS) is 11.7. The highest BCUT2D eigenvalue weighted by molar-refractivity contribution is 5.82. The molecule has 62 valence electrons. The summed E-state index contributed by atoms with van der Waals surface area (Å²) in [6.45, 7) is 0. The zero-order valence-electron chi connectivity index (χ0n) is 7.87. The fraction of sp³-hybridized carbons (Fsp3) is 0.286. The van der Waals surface area contributed by atoms with Crippen LogP contribution in [0.25, 0.3) is 11.2 Å². The van der Waals surface area contributed by atoms with Crippen LogP contribution in [0.2, 0.25) is 0 Å². The van der Waals surface area contributed by atoms with E-state index in [1.54, 1.807) is 17.9 Å². The van der Waals surface area contributed by atoms with Gasteiger partial charge in [0.15, 0.2) is 11.5 Å². The molecule has 0 amide bonds. The predicted molar refractivity (Wildman–Crippen MR) is 45.9 cm³/mol. The maximum absolute atomic E-state index is 7.35. The van der Waals surface area contributed by atoms with Crippen molar-refractivity contribution in [3.05, 3.63) is 12.6 Å². The Morgan fingerprint density at radius 2 is 2.33 bits per heavy atom. The van der Waals surface area contributed by atoms with E-state index in [9.17, 15) is 0 Å². The van der Waals surface area contributed by atoms with Crippen LogP contribution < -0.4 is 5.32 Å². The molecule has 0 unspecified atom stereocenters. The van der Waals surface area contributed by atoms with Crippen molar-refractivity contribution in [3.63, 3.8) is 0 Å². The minimum atomic E-state index is 0.000417. The van der Waals surface area contributed by atoms with E-state index in [2.05, 4.69) is 20.3 Å². The van der Waals surface area contributed by atoms with E-state index in [4.69, 9.17) is 1.37 Å². The summed E-state index contributed by atoms with van der Waals surface area (Å²) < 4.78 is 9.11. The molecule has 12 heavy (non-hydrogen) atoms. The molecule has 1 N–H and O–H groups in total. The molecular formula is C7H9N5. The zero-order chi connectivity index (χ0) is 9.42. The molecule has 0 aromatic carbocycles. The van der Waals surface area contributed by atoms with E-state index in [1.165, 1.54) is 0 Å². The third-order valence-electron chi connectivity index (χ3n) is 1.68. The first-order valence-electron chi connectivity index (χ1n) is 4.06. The van der Waals surface area contributed by atoms with Crippen molar-refractivity contribution in [1.29, 1.82) is 0 Å². The molecule has 0 aliphatic rings. The lowest BCUT2D eigenvalue weighted by Gasteiger charge is -1.98. The van der Waals surface area contributed by atoms with Gasteiger partial charge in [-0.15, -0.1) is 0 Å². The molecule has 2 heterocycles. The average Bonchev–Trinajstić information content (AvgIpc) is 2.47. The first-order chi connectivity index (χ1) is 6.22. The van der Waals surface area contributed by atoms with E-state index in [-0.39, 0.29) is 6.30 Å². The Morgan fingerprint density at radius 1 is 1.50 bits per heavy atom. The van der Waals surface area contributed by atoms with Crippen LogP contribution in [-0.2, 0) is 7.05 Å². The Kier molecular flexibility index (Phi) is 1.21. The van der Waals surface area contributed by atoms with Gasteiger partial charge in [-0.1, -0.05) is 0 Å². The first kappa shape index (κ1) is 5.93. The Bertz CT molecular complexity index is 449. The molecule has 0 saturated carbocycles. The van der Waals surface area contributed by atoms with Crippen LogP contribution in [0.1, 0.15) is 1.37 Å². The molecule has 5 nitrogen and oxygen atoms in total. The molecule has 2 rings (SSSR count). The van der Waals surface area contributed by atoms with Gasteiger partial charge in [-0.25, -0.2) is 15.0 Å². The smallest absolute Gasteiger partial charge is 0.165 e. The van der Waals surface area contributed by atoms with Crippen molar-refractivity contribution >= 4 is 17.0 Å². The van der Waals surface area contributed by atoms with Crippen LogP contribution in [0.4, 0.5) is 5.82 Å². The number of hydrogen-bond donors (Lipinski definition) is 1. The van der Waals surface area contributed by atoms with Gasteiger partial charge in [-0.3, -0.25) is 0 Å². The zero-order valence-corrected chi connectivity index (χ0v) is 6.87. The molecule has 2 aromatic rings. The third-order valence-corrected chi connectivity index (χ3v) is 1.68. The quantitative estimate of drug-likeness (QED) is 0.663. The summed E-state index contributed by atoms with van der Waals surface area (Å²) >= 11 is 0. The molecule has 0 saturated heterocycles. The molecular weight excluding hydrogens is 154 g/mol. The number of aromatic nitrogens is 4. The van der Waals surface area contributed by atoms with Gasteiger partial charge < -0.3 is 9.88 Å². The predicted octanol–water partition coefficient (Wildman–Crippen LogP) is 0.405. The van der Waals surface area contributed by atoms with Gasteiger partial charge in [0.25, 0.3) is 0 Å². The highest BCUT2D eigenvalue weighted by Gasteiger charge is 2.05. The minimum absolute atomic E-state index is 0.000417. The number of imidazole rings is 1. The molecule has 0 bridgehead atoms. The van der Waals surface area contributed by atoms with Crippen LogP contribution in [0, 0.1) is 0 Å². The van der Waals surface area contributed by atoms with E-state index in [0.717, 1.165) is 0 Å². The molecule has 2 aromatic heterocycles. The largest absolute Gasteiger partial charge is 0.371 e. The SMILES string of the molecule is [2H]c1nc(NC)c2ncn(C)c2n1. The molecule has 0 fully saturated rings. The summed E-state index contributed by atoms with van der Waals surface area (Å²) in [7, 11) is 3.58. The number of nitrogens with zero attached hydrogens (tertiary/aromatic N) is 4. The van der Waals surface area contributed by atoms with Crippen molar-refractivity contribution in [1.82, 2.24) is 19.5 Å². The Hall–Kier alpha value is -1.65. The second-order valence-electron chi connectivity index (χ2n) is 2.45. The maximum Gasteiger partial charge on any atom is 0.165 e. The summed E-state index contributed by atoms with van der Waals surface area (Å²) in [6.07, 6.45) is 1.65. The maximum atomic E-state index is 7.35. The van der Waals surface area contributed by atoms with Crippen LogP contribution in [0.15, 0.2) is 12.6 Å². The number of fused-ring (bicyclic) bond motifs is 1. The van der Waals surface area contributed by atoms with E-state index < -0.39 is 0 Å². The van der Waals surface area contributed by atoms with Crippen molar-refractivity contribution in [3.8, 4) is 0 Å². The minimum Gasteiger partial charge on any atom is -0.371 e. The highest BCUT2D eigenvalue weighted by atomic mass is 15.1. The topological polar surface area (TPSA) is 55.6 Å². The molecule has 0 aliphatic heterocycles. The van der Waals surface area contributed by atoms with Gasteiger partial charge in [0, 0.05) is 14.1 Å². The summed E-state index contributed by atoms with van der Waals surface area (Å²) in [4.78, 5) is 12.0. The second-order valence-corrected chi connectivity index (χ2v) is 2.45. The van der Waals surface area contributed by atoms with E-state index in [1.807, 2.05) is 7.05 Å². The van der Waals surface area contributed by atoms with Gasteiger partial charge in [-0.2, -0.15) is 0 Å². The summed E-state index contributed by atoms with van der Waals surface area (Å²) in [5, 5.41) is 2.88. The third kappa shape index (κ3) is 0.827. The van der Waals surface area contributed by atoms with Crippen LogP contribution >= 0.6 is 0 Å². The number of rotatable bonds is 1. The molecule has 0 spiro atoms. The standard InChI is InChI=1S/C7H9N5/c1-8-6-5-7(10-3-9-6)12(2)4-11-5/h3-4H,1-2H3,(H,8,9,10)/i3D. The molecule has 5 heteroatoms. The molecule has 0 aliphatic carbocycles. The monoisotopic (exact) mass is 164 g/mol. The van der Waals surface area contributed by atoms with Gasteiger partial charge in [-0.05, 0) is 0 Å². The number of nitrogens with one attached hydrogen (secondary N) is 1. The van der Waals surface area contributed by atoms with Gasteiger partial charge in [0.1, 0.15) is 13.2 Å². The average molecular weight is 164 g/mol. The Balaban J connectivity index is 2.84. The van der Waals surface area contributed by atoms with Crippen molar-refractivity contribution < 1.29 is 1.37 Å². The summed E-state index contributed by atoms with van der Waals surface area (Å²) in [5.74, 6) is 0.593. The van der Waals surface area contributed by atoms with Crippen molar-refractivity contribution in [2.75, 3.05) is 12.4 Å². The fourth-order valence-electron chi connectivity index (χ4n) is 1.07. The van der Waals surface area contributed by atoms with E-state index >= 15 is 0 Å². The Labute approximate surface area is 70.9 Å². The lowest BCUT2D eigenvalue weighted by Crippen LogP contribution is -1.95. The van der Waals surface area contributed by atoms with Crippen LogP contribution in [0.5, 0.6) is 0 Å². The number of hydrogen-bond acceptors (Lipinski definition) is 4. The van der Waals surface area contributed by atoms with Gasteiger partial charge in [0.2, 0.25) is 0 Å². The summed E-state index contributed by atoms with van der Waals surface area (Å²) in [6, 6.07) is 0. The fourth-order valence-corrected chi connectivity index (χ4v) is 1.07. The second kappa shape index (κ2) is 2.44. The first-order valence-corrected chi connectivity index (χ1v) is 3.56. The molecule has 0 radical (unpaired) electrons. The number of aryl methyl sites for hydroxylation is 1. The van der Waals surface area contributed by atoms with Gasteiger partial charge in [0.05, 0.1) is 6.33 Å². The van der Waals surface area contributed by atoms with Crippen molar-refractivity contribution in [2.45, 2.75) is 0 Å². The lowest BCUT2D eigenvalue weighted by atomic mass is 10.5. The molecule has 0 atom stereocenters. The highest BCUT2D eigenvalue weighted by Crippen LogP contribution is 2.14. The van der Waals surface area contributed by atoms with Crippen LogP contribution in [0.3, 0.4) is 0 Å². The van der Waals surface area contributed by atoms with Crippen LogP contribution in [-0.4, -0.2) is 26.6 Å². The van der Waals surface area contributed by atoms with E-state index in [0.29, 0.717) is 17.0 Å². The van der Waals surface area contributed by atoms with Gasteiger partial charge >= 0.3 is 0 Å². The summed E-state index contributed by atoms with van der Waals surface area (Å²) in [5.41, 5.74) is 1.37.